The molecule has 2 N–H and O–H groups in total. The molecule has 0 spiro atoms. The van der Waals surface area contributed by atoms with Crippen LogP contribution < -0.4 is 20.1 Å². The van der Waals surface area contributed by atoms with E-state index in [1.54, 1.807) is 26.2 Å². The highest BCUT2D eigenvalue weighted by atomic mass is 35.5. The number of ether oxygens (including phenoxy) is 3. The number of anilines is 2. The number of rotatable bonds is 7. The fraction of sp³-hybridized carbons (Fsp3) is 0.375. The van der Waals surface area contributed by atoms with E-state index in [0.717, 1.165) is 31.1 Å². The van der Waals surface area contributed by atoms with Gasteiger partial charge in [-0.15, -0.1) is 0 Å². The highest BCUT2D eigenvalue weighted by Crippen LogP contribution is 2.37. The number of alkyl carbamates (subject to hydrolysis) is 1. The molecular weight excluding hydrogens is 463 g/mol. The maximum atomic E-state index is 13.5. The van der Waals surface area contributed by atoms with E-state index in [4.69, 9.17) is 25.8 Å². The van der Waals surface area contributed by atoms with Gasteiger partial charge in [0.05, 0.1) is 30.4 Å². The molecule has 1 aromatic heterocycles. The number of carbonyl (C=O) groups excluding carboxylic acids is 1. The predicted octanol–water partition coefficient (Wildman–Crippen LogP) is 5.61. The molecule has 1 amide bonds. The molecule has 1 heterocycles. The van der Waals surface area contributed by atoms with Gasteiger partial charge in [-0.3, -0.25) is 0 Å². The Morgan fingerprint density at radius 2 is 1.94 bits per heavy atom. The number of halogens is 2. The molecule has 4 rings (SSSR count). The van der Waals surface area contributed by atoms with Crippen LogP contribution in [0.1, 0.15) is 32.6 Å². The molecular formula is C24H26ClFN4O4. The Morgan fingerprint density at radius 3 is 2.65 bits per heavy atom. The van der Waals surface area contributed by atoms with Crippen LogP contribution in [-0.2, 0) is 4.74 Å². The van der Waals surface area contributed by atoms with Crippen LogP contribution in [0.25, 0.3) is 10.9 Å². The maximum Gasteiger partial charge on any atom is 0.407 e. The first-order valence-electron chi connectivity index (χ1n) is 11.1. The van der Waals surface area contributed by atoms with Crippen LogP contribution in [0, 0.1) is 5.82 Å². The van der Waals surface area contributed by atoms with Crippen LogP contribution in [-0.4, -0.2) is 41.9 Å². The number of hydrogen-bond acceptors (Lipinski definition) is 7. The largest absolute Gasteiger partial charge is 0.493 e. The molecule has 34 heavy (non-hydrogen) atoms. The van der Waals surface area contributed by atoms with Gasteiger partial charge >= 0.3 is 6.09 Å². The van der Waals surface area contributed by atoms with E-state index in [9.17, 15) is 9.18 Å². The van der Waals surface area contributed by atoms with E-state index in [1.807, 2.05) is 6.07 Å². The third-order valence-electron chi connectivity index (χ3n) is 5.67. The molecule has 0 saturated heterocycles. The number of aromatic nitrogens is 2. The number of carbonyl (C=O) groups is 1. The third-order valence-corrected chi connectivity index (χ3v) is 5.96. The Kier molecular flexibility index (Phi) is 7.52. The molecule has 1 fully saturated rings. The van der Waals surface area contributed by atoms with Gasteiger partial charge in [0, 0.05) is 23.2 Å². The molecule has 10 heteroatoms. The van der Waals surface area contributed by atoms with Crippen LogP contribution in [0.3, 0.4) is 0 Å². The van der Waals surface area contributed by atoms with Crippen LogP contribution in [0.15, 0.2) is 36.7 Å². The number of fused-ring (bicyclic) bond motifs is 1. The molecule has 3 aromatic rings. The van der Waals surface area contributed by atoms with Crippen molar-refractivity contribution in [3.63, 3.8) is 0 Å². The summed E-state index contributed by atoms with van der Waals surface area (Å²) in [4.78, 5) is 20.3. The monoisotopic (exact) mass is 488 g/mol. The first-order chi connectivity index (χ1) is 16.5. The summed E-state index contributed by atoms with van der Waals surface area (Å²) < 4.78 is 30.3. The van der Waals surface area contributed by atoms with Crippen molar-refractivity contribution < 1.29 is 23.4 Å². The number of methoxy groups -OCH3 is 1. The Balaban J connectivity index is 1.52. The number of nitrogens with zero attached hydrogens (tertiary/aromatic N) is 2. The SMILES string of the molecule is CCOC(=O)NC1CCC(Oc2cc3c(Nc4ccc(F)c(Cl)c4)ncnc3cc2OC)CC1. The molecule has 2 aromatic carbocycles. The zero-order valence-corrected chi connectivity index (χ0v) is 19.7. The van der Waals surface area contributed by atoms with Crippen molar-refractivity contribution in [2.75, 3.05) is 19.0 Å². The predicted molar refractivity (Wildman–Crippen MR) is 128 cm³/mol. The Labute approximate surface area is 201 Å². The number of nitrogens with one attached hydrogen (secondary N) is 2. The highest BCUT2D eigenvalue weighted by molar-refractivity contribution is 6.31. The Bertz CT molecular complexity index is 1170. The average molecular weight is 489 g/mol. The topological polar surface area (TPSA) is 94.6 Å². The summed E-state index contributed by atoms with van der Waals surface area (Å²) in [6, 6.07) is 8.07. The van der Waals surface area contributed by atoms with E-state index in [-0.39, 0.29) is 23.3 Å². The van der Waals surface area contributed by atoms with E-state index in [2.05, 4.69) is 20.6 Å². The van der Waals surface area contributed by atoms with Crippen molar-refractivity contribution in [1.82, 2.24) is 15.3 Å². The second kappa shape index (κ2) is 10.7. The normalized spacial score (nSPS) is 17.8. The summed E-state index contributed by atoms with van der Waals surface area (Å²) in [5, 5.41) is 6.79. The van der Waals surface area contributed by atoms with Crippen LogP contribution in [0.4, 0.5) is 20.7 Å². The van der Waals surface area contributed by atoms with E-state index < -0.39 is 5.82 Å². The number of amides is 1. The molecule has 180 valence electrons. The van der Waals surface area contributed by atoms with Crippen molar-refractivity contribution in [2.45, 2.75) is 44.8 Å². The zero-order valence-electron chi connectivity index (χ0n) is 18.9. The maximum absolute atomic E-state index is 13.5. The summed E-state index contributed by atoms with van der Waals surface area (Å²) in [7, 11) is 1.58. The third kappa shape index (κ3) is 5.59. The second-order valence-corrected chi connectivity index (χ2v) is 8.36. The van der Waals surface area contributed by atoms with Gasteiger partial charge in [0.2, 0.25) is 0 Å². The highest BCUT2D eigenvalue weighted by Gasteiger charge is 2.25. The lowest BCUT2D eigenvalue weighted by Gasteiger charge is -2.29. The quantitative estimate of drug-likeness (QED) is 0.446. The van der Waals surface area contributed by atoms with E-state index in [1.165, 1.54) is 18.5 Å². The summed E-state index contributed by atoms with van der Waals surface area (Å²) in [5.74, 6) is 1.18. The molecule has 1 aliphatic carbocycles. The van der Waals surface area contributed by atoms with Crippen LogP contribution in [0.2, 0.25) is 5.02 Å². The molecule has 1 aliphatic rings. The van der Waals surface area contributed by atoms with Gasteiger partial charge in [0.25, 0.3) is 0 Å². The summed E-state index contributed by atoms with van der Waals surface area (Å²) in [6.45, 7) is 2.13. The first kappa shape index (κ1) is 23.8. The fourth-order valence-electron chi connectivity index (χ4n) is 3.97. The molecule has 8 nitrogen and oxygen atoms in total. The van der Waals surface area contributed by atoms with Crippen LogP contribution >= 0.6 is 11.6 Å². The van der Waals surface area contributed by atoms with Gasteiger partial charge in [0.1, 0.15) is 18.0 Å². The second-order valence-electron chi connectivity index (χ2n) is 7.95. The van der Waals surface area contributed by atoms with Crippen molar-refractivity contribution in [1.29, 1.82) is 0 Å². The van der Waals surface area contributed by atoms with Crippen molar-refractivity contribution in [3.8, 4) is 11.5 Å². The minimum Gasteiger partial charge on any atom is -0.493 e. The standard InChI is InChI=1S/C24H26ClFN4O4/c1-3-33-24(31)30-14-4-7-16(8-5-14)34-22-11-17-20(12-21(22)32-2)27-13-28-23(17)29-15-6-9-19(26)18(25)10-15/h6,9-14,16H,3-5,7-8H2,1-2H3,(H,30,31)(H,27,28,29). The molecule has 0 unspecified atom stereocenters. The molecule has 0 atom stereocenters. The molecule has 0 aliphatic heterocycles. The van der Waals surface area contributed by atoms with E-state index >= 15 is 0 Å². The van der Waals surface area contributed by atoms with Gasteiger partial charge in [-0.05, 0) is 56.9 Å². The molecule has 0 bridgehead atoms. The smallest absolute Gasteiger partial charge is 0.407 e. The first-order valence-corrected chi connectivity index (χ1v) is 11.5. The Morgan fingerprint density at radius 1 is 1.15 bits per heavy atom. The van der Waals surface area contributed by atoms with Crippen molar-refractivity contribution in [3.05, 3.63) is 47.5 Å². The van der Waals surface area contributed by atoms with Gasteiger partial charge in [-0.1, -0.05) is 11.6 Å². The van der Waals surface area contributed by atoms with Crippen molar-refractivity contribution in [2.24, 2.45) is 0 Å². The number of benzene rings is 2. The average Bonchev–Trinajstić information content (AvgIpc) is 2.83. The fourth-order valence-corrected chi connectivity index (χ4v) is 4.15. The summed E-state index contributed by atoms with van der Waals surface area (Å²) in [6.07, 6.45) is 4.18. The Hall–Kier alpha value is -3.33. The van der Waals surface area contributed by atoms with Gasteiger partial charge < -0.3 is 24.8 Å². The molecule has 0 radical (unpaired) electrons. The van der Waals surface area contributed by atoms with Gasteiger partial charge in [-0.25, -0.2) is 19.2 Å². The summed E-state index contributed by atoms with van der Waals surface area (Å²) in [5.41, 5.74) is 1.26. The van der Waals surface area contributed by atoms with Crippen molar-refractivity contribution >= 4 is 40.1 Å². The zero-order chi connectivity index (χ0) is 24.1. The lowest BCUT2D eigenvalue weighted by Crippen LogP contribution is -2.40. The number of hydrogen-bond donors (Lipinski definition) is 2. The minimum absolute atomic E-state index is 0.0158. The minimum atomic E-state index is -0.493. The summed E-state index contributed by atoms with van der Waals surface area (Å²) >= 11 is 5.91. The van der Waals surface area contributed by atoms with Gasteiger partial charge in [0.15, 0.2) is 11.5 Å². The lowest BCUT2D eigenvalue weighted by atomic mass is 9.93. The van der Waals surface area contributed by atoms with Crippen LogP contribution in [0.5, 0.6) is 11.5 Å². The van der Waals surface area contributed by atoms with E-state index in [0.29, 0.717) is 35.1 Å². The molecule has 1 saturated carbocycles. The van der Waals surface area contributed by atoms with Gasteiger partial charge in [-0.2, -0.15) is 0 Å². The lowest BCUT2D eigenvalue weighted by molar-refractivity contribution is 0.120.